The van der Waals surface area contributed by atoms with E-state index in [4.69, 9.17) is 25.8 Å². The highest BCUT2D eigenvalue weighted by molar-refractivity contribution is 7.92. The largest absolute Gasteiger partial charge is 0.495 e. The van der Waals surface area contributed by atoms with Crippen molar-refractivity contribution in [3.05, 3.63) is 47.0 Å². The summed E-state index contributed by atoms with van der Waals surface area (Å²) in [7, 11) is -2.03. The van der Waals surface area contributed by atoms with Crippen LogP contribution < -0.4 is 18.5 Å². The van der Waals surface area contributed by atoms with E-state index < -0.39 is 10.0 Å². The minimum atomic E-state index is -3.53. The number of piperazine rings is 1. The number of sulfonamides is 1. The van der Waals surface area contributed by atoms with E-state index in [2.05, 4.69) is 4.90 Å². The van der Waals surface area contributed by atoms with Crippen molar-refractivity contribution in [3.8, 4) is 17.2 Å². The van der Waals surface area contributed by atoms with Crippen LogP contribution in [0.25, 0.3) is 0 Å². The first-order valence-corrected chi connectivity index (χ1v) is 13.7. The highest BCUT2D eigenvalue weighted by Gasteiger charge is 2.23. The number of methoxy groups -OCH3 is 1. The van der Waals surface area contributed by atoms with Gasteiger partial charge in [0.1, 0.15) is 5.75 Å². The van der Waals surface area contributed by atoms with Crippen molar-refractivity contribution < 1.29 is 27.4 Å². The lowest BCUT2D eigenvalue weighted by Gasteiger charge is -2.35. The van der Waals surface area contributed by atoms with Crippen LogP contribution in [0.1, 0.15) is 18.4 Å². The van der Waals surface area contributed by atoms with Crippen LogP contribution in [0.5, 0.6) is 17.2 Å². The Morgan fingerprint density at radius 2 is 1.83 bits per heavy atom. The molecule has 1 saturated heterocycles. The molecule has 0 aliphatic carbocycles. The van der Waals surface area contributed by atoms with E-state index in [0.717, 1.165) is 43.0 Å². The Kier molecular flexibility index (Phi) is 7.93. The summed E-state index contributed by atoms with van der Waals surface area (Å²) in [6.45, 7) is 4.08. The number of carbonyl (C=O) groups excluding carboxylic acids is 1. The zero-order chi connectivity index (χ0) is 25.0. The molecule has 9 nitrogen and oxygen atoms in total. The zero-order valence-electron chi connectivity index (χ0n) is 19.9. The van der Waals surface area contributed by atoms with Crippen LogP contribution in [0.2, 0.25) is 5.02 Å². The van der Waals surface area contributed by atoms with Crippen molar-refractivity contribution in [2.45, 2.75) is 19.4 Å². The molecule has 0 atom stereocenters. The van der Waals surface area contributed by atoms with Crippen LogP contribution in [-0.4, -0.2) is 77.0 Å². The van der Waals surface area contributed by atoms with Crippen LogP contribution in [0.3, 0.4) is 0 Å². The summed E-state index contributed by atoms with van der Waals surface area (Å²) in [5.74, 6) is 2.05. The first-order valence-electron chi connectivity index (χ1n) is 11.4. The standard InChI is InChI=1S/C24H30ClN3O6S/c1-32-21-8-6-19(15-20(21)25)28(35(2,30)31)9-3-4-24(29)27-12-10-26(11-13-27)16-18-5-7-22-23(14-18)34-17-33-22/h5-8,14-15H,3-4,9-13,16-17H2,1-2H3. The summed E-state index contributed by atoms with van der Waals surface area (Å²) in [5.41, 5.74) is 1.59. The molecule has 0 saturated carbocycles. The molecule has 0 N–H and O–H groups in total. The van der Waals surface area contributed by atoms with Gasteiger partial charge in [-0.2, -0.15) is 0 Å². The predicted octanol–water partition coefficient (Wildman–Crippen LogP) is 2.97. The van der Waals surface area contributed by atoms with Crippen molar-refractivity contribution in [2.24, 2.45) is 0 Å². The molecule has 2 aromatic carbocycles. The average molecular weight is 524 g/mol. The summed E-state index contributed by atoms with van der Waals surface area (Å²) < 4.78 is 41.9. The quantitative estimate of drug-likeness (QED) is 0.499. The predicted molar refractivity (Wildman–Crippen MR) is 134 cm³/mol. The molecule has 1 fully saturated rings. The fourth-order valence-corrected chi connectivity index (χ4v) is 5.49. The van der Waals surface area contributed by atoms with Gasteiger partial charge in [-0.05, 0) is 42.3 Å². The topological polar surface area (TPSA) is 88.6 Å². The summed E-state index contributed by atoms with van der Waals surface area (Å²) in [5, 5.41) is 0.327. The normalized spacial score (nSPS) is 15.8. The number of fused-ring (bicyclic) bond motifs is 1. The highest BCUT2D eigenvalue weighted by Crippen LogP contribution is 2.33. The molecule has 35 heavy (non-hydrogen) atoms. The van der Waals surface area contributed by atoms with Gasteiger partial charge in [-0.25, -0.2) is 8.42 Å². The number of rotatable bonds is 9. The van der Waals surface area contributed by atoms with Gasteiger partial charge >= 0.3 is 0 Å². The molecule has 0 aromatic heterocycles. The van der Waals surface area contributed by atoms with E-state index in [-0.39, 0.29) is 25.7 Å². The number of nitrogens with zero attached hydrogens (tertiary/aromatic N) is 3. The molecule has 2 heterocycles. The number of carbonyl (C=O) groups is 1. The van der Waals surface area contributed by atoms with Gasteiger partial charge in [-0.1, -0.05) is 17.7 Å². The molecule has 0 unspecified atom stereocenters. The highest BCUT2D eigenvalue weighted by atomic mass is 35.5. The molecule has 4 rings (SSSR count). The van der Waals surface area contributed by atoms with Gasteiger partial charge in [0.05, 0.1) is 24.1 Å². The lowest BCUT2D eigenvalue weighted by Crippen LogP contribution is -2.48. The Balaban J connectivity index is 1.25. The molecule has 0 bridgehead atoms. The number of hydrogen-bond donors (Lipinski definition) is 0. The van der Waals surface area contributed by atoms with Gasteiger partial charge in [0.25, 0.3) is 0 Å². The van der Waals surface area contributed by atoms with Crippen molar-refractivity contribution in [1.29, 1.82) is 0 Å². The Bertz CT molecular complexity index is 1170. The second kappa shape index (κ2) is 10.9. The number of halogens is 1. The Hall–Kier alpha value is -2.69. The minimum absolute atomic E-state index is 0.0361. The molecule has 190 valence electrons. The number of benzene rings is 2. The van der Waals surface area contributed by atoms with Gasteiger partial charge < -0.3 is 19.1 Å². The molecule has 2 aromatic rings. The molecule has 2 aliphatic heterocycles. The van der Waals surface area contributed by atoms with Crippen molar-refractivity contribution in [1.82, 2.24) is 9.80 Å². The van der Waals surface area contributed by atoms with E-state index >= 15 is 0 Å². The van der Waals surface area contributed by atoms with Crippen LogP contribution in [0, 0.1) is 0 Å². The van der Waals surface area contributed by atoms with Crippen LogP contribution in [-0.2, 0) is 21.4 Å². The van der Waals surface area contributed by atoms with Crippen molar-refractivity contribution in [3.63, 3.8) is 0 Å². The first kappa shape index (κ1) is 25.4. The SMILES string of the molecule is COc1ccc(N(CCCC(=O)N2CCN(Cc3ccc4c(c3)OCO4)CC2)S(C)(=O)=O)cc1Cl. The fourth-order valence-electron chi connectivity index (χ4n) is 4.28. The molecule has 0 radical (unpaired) electrons. The maximum atomic E-state index is 12.8. The Morgan fingerprint density at radius 3 is 2.51 bits per heavy atom. The zero-order valence-corrected chi connectivity index (χ0v) is 21.5. The van der Waals surface area contributed by atoms with E-state index in [1.807, 2.05) is 23.1 Å². The van der Waals surface area contributed by atoms with Crippen LogP contribution in [0.4, 0.5) is 5.69 Å². The lowest BCUT2D eigenvalue weighted by atomic mass is 10.1. The number of ether oxygens (including phenoxy) is 3. The second-order valence-corrected chi connectivity index (χ2v) is 10.9. The van der Waals surface area contributed by atoms with E-state index in [0.29, 0.717) is 36.0 Å². The lowest BCUT2D eigenvalue weighted by molar-refractivity contribution is -0.133. The van der Waals surface area contributed by atoms with E-state index in [1.54, 1.807) is 18.2 Å². The minimum Gasteiger partial charge on any atom is -0.495 e. The van der Waals surface area contributed by atoms with Crippen LogP contribution >= 0.6 is 11.6 Å². The maximum absolute atomic E-state index is 12.8. The third-order valence-electron chi connectivity index (χ3n) is 6.14. The van der Waals surface area contributed by atoms with E-state index in [9.17, 15) is 13.2 Å². The summed E-state index contributed by atoms with van der Waals surface area (Å²) in [6, 6.07) is 10.8. The first-order chi connectivity index (χ1) is 16.7. The summed E-state index contributed by atoms with van der Waals surface area (Å²) in [4.78, 5) is 16.9. The number of amides is 1. The average Bonchev–Trinajstić information content (AvgIpc) is 3.29. The number of hydrogen-bond acceptors (Lipinski definition) is 7. The Morgan fingerprint density at radius 1 is 1.09 bits per heavy atom. The van der Waals surface area contributed by atoms with Crippen molar-refractivity contribution in [2.75, 3.05) is 57.2 Å². The molecular formula is C24H30ClN3O6S. The third-order valence-corrected chi connectivity index (χ3v) is 7.63. The van der Waals surface area contributed by atoms with Gasteiger partial charge in [0.2, 0.25) is 22.7 Å². The summed E-state index contributed by atoms with van der Waals surface area (Å²) >= 11 is 6.17. The van der Waals surface area contributed by atoms with Gasteiger partial charge in [-0.15, -0.1) is 0 Å². The van der Waals surface area contributed by atoms with Gasteiger partial charge in [0, 0.05) is 45.7 Å². The molecule has 1 amide bonds. The second-order valence-electron chi connectivity index (χ2n) is 8.60. The molecular weight excluding hydrogens is 494 g/mol. The third kappa shape index (κ3) is 6.31. The number of anilines is 1. The summed E-state index contributed by atoms with van der Waals surface area (Å²) in [6.07, 6.45) is 1.83. The monoisotopic (exact) mass is 523 g/mol. The van der Waals surface area contributed by atoms with E-state index in [1.165, 1.54) is 11.4 Å². The molecule has 0 spiro atoms. The van der Waals surface area contributed by atoms with Crippen LogP contribution in [0.15, 0.2) is 36.4 Å². The fraction of sp³-hybridized carbons (Fsp3) is 0.458. The van der Waals surface area contributed by atoms with Gasteiger partial charge in [-0.3, -0.25) is 14.0 Å². The Labute approximate surface area is 211 Å². The smallest absolute Gasteiger partial charge is 0.232 e. The van der Waals surface area contributed by atoms with Crippen molar-refractivity contribution >= 4 is 33.2 Å². The molecule has 11 heteroatoms. The maximum Gasteiger partial charge on any atom is 0.232 e. The molecule has 2 aliphatic rings. The van der Waals surface area contributed by atoms with Gasteiger partial charge in [0.15, 0.2) is 11.5 Å².